The van der Waals surface area contributed by atoms with E-state index in [2.05, 4.69) is 10.2 Å². The number of nitrogen functional groups attached to an aromatic ring is 1. The Kier molecular flexibility index (Phi) is 2.63. The van der Waals surface area contributed by atoms with Gasteiger partial charge in [0.1, 0.15) is 5.82 Å². The number of hydrogen-bond donors (Lipinski definition) is 2. The van der Waals surface area contributed by atoms with Crippen molar-refractivity contribution in [2.75, 3.05) is 24.3 Å². The van der Waals surface area contributed by atoms with Gasteiger partial charge in [0.15, 0.2) is 0 Å². The van der Waals surface area contributed by atoms with E-state index in [0.29, 0.717) is 12.2 Å². The second kappa shape index (κ2) is 4.31. The zero-order valence-corrected chi connectivity index (χ0v) is 10.6. The van der Waals surface area contributed by atoms with Crippen LogP contribution in [-0.2, 0) is 4.79 Å². The van der Waals surface area contributed by atoms with Crippen LogP contribution in [-0.4, -0.2) is 34.7 Å². The number of rotatable bonds is 2. The van der Waals surface area contributed by atoms with Crippen molar-refractivity contribution in [1.82, 2.24) is 15.2 Å². The van der Waals surface area contributed by atoms with E-state index in [1.54, 1.807) is 18.1 Å². The maximum Gasteiger partial charge on any atom is 0.242 e. The van der Waals surface area contributed by atoms with Crippen LogP contribution in [0.15, 0.2) is 30.3 Å². The lowest BCUT2D eigenvalue weighted by Crippen LogP contribution is -2.35. The lowest BCUT2D eigenvalue weighted by Gasteiger charge is -2.26. The Hall–Kier alpha value is -2.50. The average molecular weight is 257 g/mol. The number of hydrazine groups is 1. The number of carbonyl (C=O) groups excluding carboxylic acids is 1. The number of nitrogens with two attached hydrogens (primary N) is 1. The lowest BCUT2D eigenvalue weighted by molar-refractivity contribution is -0.126. The largest absolute Gasteiger partial charge is 0.382 e. The zero-order valence-electron chi connectivity index (χ0n) is 10.6. The summed E-state index contributed by atoms with van der Waals surface area (Å²) in [5.41, 5.74) is 8.49. The summed E-state index contributed by atoms with van der Waals surface area (Å²) in [5, 5.41) is 10.4. The number of carbonyl (C=O) groups is 1. The topological polar surface area (TPSA) is 78.2 Å². The van der Waals surface area contributed by atoms with Crippen molar-refractivity contribution in [2.45, 2.75) is 6.42 Å². The Morgan fingerprint density at radius 1 is 1.32 bits per heavy atom. The van der Waals surface area contributed by atoms with Gasteiger partial charge in [0, 0.05) is 26.1 Å². The smallest absolute Gasteiger partial charge is 0.242 e. The molecule has 0 saturated carbocycles. The molecule has 1 aliphatic rings. The second-order valence-electron chi connectivity index (χ2n) is 4.54. The van der Waals surface area contributed by atoms with Gasteiger partial charge >= 0.3 is 0 Å². The molecule has 1 aromatic carbocycles. The predicted molar refractivity (Wildman–Crippen MR) is 73.2 cm³/mol. The molecule has 2 heterocycles. The summed E-state index contributed by atoms with van der Waals surface area (Å²) in [4.78, 5) is 11.5. The van der Waals surface area contributed by atoms with Crippen molar-refractivity contribution < 1.29 is 4.79 Å². The van der Waals surface area contributed by atoms with Crippen molar-refractivity contribution in [3.8, 4) is 11.3 Å². The van der Waals surface area contributed by atoms with Crippen LogP contribution in [0.5, 0.6) is 0 Å². The number of nitrogens with zero attached hydrogens (tertiary/aromatic N) is 3. The first-order valence-corrected chi connectivity index (χ1v) is 6.10. The SMILES string of the molecule is CN1C(=O)CCN1c1ccc(-c2cc(N)n[nH]2)cc1. The summed E-state index contributed by atoms with van der Waals surface area (Å²) >= 11 is 0. The minimum Gasteiger partial charge on any atom is -0.382 e. The zero-order chi connectivity index (χ0) is 13.4. The standard InChI is InChI=1S/C13H15N5O/c1-17-13(19)6-7-18(17)10-4-2-9(3-5-10)11-8-12(14)16-15-11/h2-5,8H,6-7H2,1H3,(H3,14,15,16). The van der Waals surface area contributed by atoms with Gasteiger partial charge in [-0.25, -0.2) is 0 Å². The van der Waals surface area contributed by atoms with E-state index < -0.39 is 0 Å². The highest BCUT2D eigenvalue weighted by atomic mass is 16.2. The van der Waals surface area contributed by atoms with Crippen molar-refractivity contribution in [1.29, 1.82) is 0 Å². The Bertz CT molecular complexity index is 604. The van der Waals surface area contributed by atoms with Gasteiger partial charge < -0.3 is 5.73 Å². The van der Waals surface area contributed by atoms with Gasteiger partial charge in [-0.15, -0.1) is 0 Å². The first-order chi connectivity index (χ1) is 9.15. The summed E-state index contributed by atoms with van der Waals surface area (Å²) in [6.45, 7) is 0.728. The molecule has 2 aromatic rings. The summed E-state index contributed by atoms with van der Waals surface area (Å²) in [7, 11) is 1.79. The summed E-state index contributed by atoms with van der Waals surface area (Å²) < 4.78 is 0. The van der Waals surface area contributed by atoms with E-state index in [4.69, 9.17) is 5.73 Å². The fourth-order valence-electron chi connectivity index (χ4n) is 2.25. The molecule has 19 heavy (non-hydrogen) atoms. The van der Waals surface area contributed by atoms with E-state index in [0.717, 1.165) is 23.5 Å². The molecule has 1 fully saturated rings. The predicted octanol–water partition coefficient (Wildman–Crippen LogP) is 1.24. The van der Waals surface area contributed by atoms with Crippen molar-refractivity contribution in [3.63, 3.8) is 0 Å². The Morgan fingerprint density at radius 2 is 2.05 bits per heavy atom. The third-order valence-corrected chi connectivity index (χ3v) is 3.33. The molecule has 0 atom stereocenters. The number of benzene rings is 1. The minimum atomic E-state index is 0.144. The third-order valence-electron chi connectivity index (χ3n) is 3.33. The number of aromatic nitrogens is 2. The number of nitrogens with one attached hydrogen (secondary N) is 1. The van der Waals surface area contributed by atoms with Gasteiger partial charge in [-0.3, -0.25) is 19.9 Å². The highest BCUT2D eigenvalue weighted by Crippen LogP contribution is 2.25. The number of aromatic amines is 1. The van der Waals surface area contributed by atoms with Crippen molar-refractivity contribution in [3.05, 3.63) is 30.3 Å². The van der Waals surface area contributed by atoms with Crippen molar-refractivity contribution >= 4 is 17.4 Å². The fraction of sp³-hybridized carbons (Fsp3) is 0.231. The molecule has 0 radical (unpaired) electrons. The van der Waals surface area contributed by atoms with Crippen LogP contribution in [0.1, 0.15) is 6.42 Å². The molecule has 1 aliphatic heterocycles. The molecule has 6 heteroatoms. The Balaban J connectivity index is 1.85. The van der Waals surface area contributed by atoms with Crippen LogP contribution < -0.4 is 10.7 Å². The molecule has 98 valence electrons. The summed E-state index contributed by atoms with van der Waals surface area (Å²) in [6, 6.07) is 9.74. The van der Waals surface area contributed by atoms with Gasteiger partial charge in [-0.05, 0) is 17.7 Å². The minimum absolute atomic E-state index is 0.144. The van der Waals surface area contributed by atoms with E-state index in [1.807, 2.05) is 29.3 Å². The first kappa shape index (κ1) is 11.6. The number of hydrogen-bond acceptors (Lipinski definition) is 4. The number of anilines is 2. The quantitative estimate of drug-likeness (QED) is 0.848. The van der Waals surface area contributed by atoms with E-state index in [1.165, 1.54) is 0 Å². The monoisotopic (exact) mass is 257 g/mol. The second-order valence-corrected chi connectivity index (χ2v) is 4.54. The van der Waals surface area contributed by atoms with Crippen LogP contribution >= 0.6 is 0 Å². The Labute approximate surface area is 110 Å². The maximum absolute atomic E-state index is 11.5. The Morgan fingerprint density at radius 3 is 2.58 bits per heavy atom. The van der Waals surface area contributed by atoms with Gasteiger partial charge in [0.05, 0.1) is 11.4 Å². The van der Waals surface area contributed by atoms with Gasteiger partial charge in [-0.2, -0.15) is 5.10 Å². The number of amides is 1. The fourth-order valence-corrected chi connectivity index (χ4v) is 2.25. The molecular weight excluding hydrogens is 242 g/mol. The van der Waals surface area contributed by atoms with Crippen LogP contribution in [0.3, 0.4) is 0 Å². The molecule has 0 unspecified atom stereocenters. The summed E-state index contributed by atoms with van der Waals surface area (Å²) in [5.74, 6) is 0.620. The molecule has 0 spiro atoms. The van der Waals surface area contributed by atoms with Crippen LogP contribution in [0, 0.1) is 0 Å². The summed E-state index contributed by atoms with van der Waals surface area (Å²) in [6.07, 6.45) is 0.565. The van der Waals surface area contributed by atoms with Crippen LogP contribution in [0.4, 0.5) is 11.5 Å². The highest BCUT2D eigenvalue weighted by Gasteiger charge is 2.25. The molecule has 0 aliphatic carbocycles. The van der Waals surface area contributed by atoms with Gasteiger partial charge in [-0.1, -0.05) is 12.1 Å². The maximum atomic E-state index is 11.5. The third kappa shape index (κ3) is 2.01. The number of H-pyrrole nitrogens is 1. The van der Waals surface area contributed by atoms with Crippen LogP contribution in [0.25, 0.3) is 11.3 Å². The van der Waals surface area contributed by atoms with Crippen LogP contribution in [0.2, 0.25) is 0 Å². The van der Waals surface area contributed by atoms with E-state index in [-0.39, 0.29) is 5.91 Å². The van der Waals surface area contributed by atoms with Gasteiger partial charge in [0.2, 0.25) is 5.91 Å². The first-order valence-electron chi connectivity index (χ1n) is 6.10. The molecule has 3 N–H and O–H groups in total. The molecule has 1 saturated heterocycles. The molecule has 1 amide bonds. The van der Waals surface area contributed by atoms with E-state index >= 15 is 0 Å². The molecule has 6 nitrogen and oxygen atoms in total. The van der Waals surface area contributed by atoms with E-state index in [9.17, 15) is 4.79 Å². The highest BCUT2D eigenvalue weighted by molar-refractivity contribution is 5.81. The molecular formula is C13H15N5O. The van der Waals surface area contributed by atoms with Crippen molar-refractivity contribution in [2.24, 2.45) is 0 Å². The normalized spacial score (nSPS) is 15.3. The molecule has 3 rings (SSSR count). The van der Waals surface area contributed by atoms with Gasteiger partial charge in [0.25, 0.3) is 0 Å². The average Bonchev–Trinajstić information content (AvgIpc) is 2.98. The molecule has 0 bridgehead atoms. The lowest BCUT2D eigenvalue weighted by atomic mass is 10.1. The molecule has 1 aromatic heterocycles.